The van der Waals surface area contributed by atoms with E-state index in [0.717, 1.165) is 36.4 Å². The quantitative estimate of drug-likeness (QED) is 0.803. The molecule has 102 valence electrons. The van der Waals surface area contributed by atoms with E-state index in [1.54, 1.807) is 0 Å². The number of rotatable bonds is 5. The second-order valence-corrected chi connectivity index (χ2v) is 5.68. The first-order valence-electron chi connectivity index (χ1n) is 7.50. The van der Waals surface area contributed by atoms with Gasteiger partial charge in [0.1, 0.15) is 0 Å². The molecular weight excluding hydrogens is 244 g/mol. The molecule has 2 heteroatoms. The Morgan fingerprint density at radius 3 is 2.55 bits per heavy atom. The minimum absolute atomic E-state index is 0.771. The van der Waals surface area contributed by atoms with Gasteiger partial charge in [-0.25, -0.2) is 0 Å². The van der Waals surface area contributed by atoms with Crippen LogP contribution in [0, 0.1) is 17.2 Å². The van der Waals surface area contributed by atoms with Gasteiger partial charge in [-0.05, 0) is 37.3 Å². The van der Waals surface area contributed by atoms with Crippen molar-refractivity contribution in [1.29, 1.82) is 5.26 Å². The van der Waals surface area contributed by atoms with E-state index in [0.29, 0.717) is 0 Å². The Hall–Kier alpha value is -2.01. The van der Waals surface area contributed by atoms with Crippen molar-refractivity contribution < 1.29 is 0 Å². The molecule has 3 rings (SSSR count). The van der Waals surface area contributed by atoms with E-state index in [1.165, 1.54) is 23.9 Å². The van der Waals surface area contributed by atoms with Crippen LogP contribution < -0.4 is 4.90 Å². The zero-order valence-electron chi connectivity index (χ0n) is 12.0. The maximum absolute atomic E-state index is 9.26. The highest BCUT2D eigenvalue weighted by Crippen LogP contribution is 2.34. The molecule has 0 unspecified atom stereocenters. The van der Waals surface area contributed by atoms with Gasteiger partial charge in [0, 0.05) is 29.5 Å². The summed E-state index contributed by atoms with van der Waals surface area (Å²) >= 11 is 0. The number of benzene rings is 2. The van der Waals surface area contributed by atoms with Gasteiger partial charge in [-0.3, -0.25) is 0 Å². The maximum Gasteiger partial charge on any atom is 0.0998 e. The minimum atomic E-state index is 0.771. The molecule has 1 saturated carbocycles. The van der Waals surface area contributed by atoms with Gasteiger partial charge in [-0.15, -0.1) is 0 Å². The summed E-state index contributed by atoms with van der Waals surface area (Å²) in [6.45, 7) is 4.47. The summed E-state index contributed by atoms with van der Waals surface area (Å²) in [4.78, 5) is 2.50. The first kappa shape index (κ1) is 13.0. The Morgan fingerprint density at radius 1 is 1.15 bits per heavy atom. The molecule has 0 atom stereocenters. The van der Waals surface area contributed by atoms with Crippen LogP contribution in [0.3, 0.4) is 0 Å². The van der Waals surface area contributed by atoms with Crippen LogP contribution in [0.15, 0.2) is 36.4 Å². The van der Waals surface area contributed by atoms with E-state index >= 15 is 0 Å². The first-order chi connectivity index (χ1) is 9.83. The van der Waals surface area contributed by atoms with Crippen LogP contribution in [-0.4, -0.2) is 13.1 Å². The van der Waals surface area contributed by atoms with Crippen molar-refractivity contribution in [3.63, 3.8) is 0 Å². The molecule has 0 N–H and O–H groups in total. The average Bonchev–Trinajstić information content (AvgIpc) is 3.30. The second kappa shape index (κ2) is 5.54. The van der Waals surface area contributed by atoms with Crippen LogP contribution in [0.2, 0.25) is 0 Å². The highest BCUT2D eigenvalue weighted by Gasteiger charge is 2.25. The zero-order valence-corrected chi connectivity index (χ0v) is 12.0. The number of nitriles is 1. The number of anilines is 1. The number of hydrogen-bond acceptors (Lipinski definition) is 2. The summed E-state index contributed by atoms with van der Waals surface area (Å²) in [5, 5.41) is 11.5. The third kappa shape index (κ3) is 2.49. The molecule has 2 aromatic carbocycles. The Kier molecular flexibility index (Phi) is 3.60. The van der Waals surface area contributed by atoms with Crippen molar-refractivity contribution in [2.45, 2.75) is 26.2 Å². The van der Waals surface area contributed by atoms with E-state index in [1.807, 2.05) is 12.1 Å². The van der Waals surface area contributed by atoms with Crippen LogP contribution in [0.5, 0.6) is 0 Å². The molecule has 2 aromatic rings. The van der Waals surface area contributed by atoms with Gasteiger partial charge >= 0.3 is 0 Å². The van der Waals surface area contributed by atoms with Crippen LogP contribution in [0.4, 0.5) is 5.69 Å². The van der Waals surface area contributed by atoms with Crippen LogP contribution >= 0.6 is 0 Å². The summed E-state index contributed by atoms with van der Waals surface area (Å²) < 4.78 is 0. The van der Waals surface area contributed by atoms with E-state index in [9.17, 15) is 5.26 Å². The van der Waals surface area contributed by atoms with Crippen molar-refractivity contribution in [1.82, 2.24) is 0 Å². The average molecular weight is 264 g/mol. The van der Waals surface area contributed by atoms with Gasteiger partial charge in [-0.2, -0.15) is 5.26 Å². The lowest BCUT2D eigenvalue weighted by Crippen LogP contribution is -2.26. The van der Waals surface area contributed by atoms with Crippen LogP contribution in [0.1, 0.15) is 31.7 Å². The van der Waals surface area contributed by atoms with Crippen molar-refractivity contribution >= 4 is 16.5 Å². The molecule has 0 amide bonds. The normalized spacial score (nSPS) is 14.2. The molecule has 1 fully saturated rings. The molecule has 0 aromatic heterocycles. The van der Waals surface area contributed by atoms with Gasteiger partial charge in [0.2, 0.25) is 0 Å². The third-order valence-corrected chi connectivity index (χ3v) is 4.03. The number of fused-ring (bicyclic) bond motifs is 1. The fourth-order valence-electron chi connectivity index (χ4n) is 2.85. The molecule has 0 heterocycles. The second-order valence-electron chi connectivity index (χ2n) is 5.68. The van der Waals surface area contributed by atoms with Crippen LogP contribution in [-0.2, 0) is 0 Å². The fourth-order valence-corrected chi connectivity index (χ4v) is 2.85. The molecule has 0 aliphatic heterocycles. The predicted molar refractivity (Wildman–Crippen MR) is 83.9 cm³/mol. The van der Waals surface area contributed by atoms with Crippen molar-refractivity contribution in [3.8, 4) is 6.07 Å². The lowest BCUT2D eigenvalue weighted by atomic mass is 10.0. The third-order valence-electron chi connectivity index (χ3n) is 4.03. The lowest BCUT2D eigenvalue weighted by Gasteiger charge is -2.26. The first-order valence-corrected chi connectivity index (χ1v) is 7.50. The SMILES string of the molecule is CCCN(CC1CC1)c1ccc(C#N)c2ccccc12. The number of hydrogen-bond donors (Lipinski definition) is 0. The van der Waals surface area contributed by atoms with Crippen LogP contribution in [0.25, 0.3) is 10.8 Å². The van der Waals surface area contributed by atoms with Gasteiger partial charge in [0.15, 0.2) is 0 Å². The molecule has 20 heavy (non-hydrogen) atoms. The highest BCUT2D eigenvalue weighted by atomic mass is 15.1. The Bertz CT molecular complexity index is 650. The van der Waals surface area contributed by atoms with Crippen molar-refractivity contribution in [3.05, 3.63) is 42.0 Å². The molecule has 1 aliphatic rings. The van der Waals surface area contributed by atoms with E-state index in [-0.39, 0.29) is 0 Å². The van der Waals surface area contributed by atoms with Crippen molar-refractivity contribution in [2.75, 3.05) is 18.0 Å². The lowest BCUT2D eigenvalue weighted by molar-refractivity contribution is 0.710. The molecule has 0 spiro atoms. The highest BCUT2D eigenvalue weighted by molar-refractivity contribution is 5.97. The monoisotopic (exact) mass is 264 g/mol. The van der Waals surface area contributed by atoms with Gasteiger partial charge in [0.05, 0.1) is 11.6 Å². The van der Waals surface area contributed by atoms with E-state index < -0.39 is 0 Å². The summed E-state index contributed by atoms with van der Waals surface area (Å²) in [5.41, 5.74) is 2.06. The summed E-state index contributed by atoms with van der Waals surface area (Å²) in [6.07, 6.45) is 3.89. The maximum atomic E-state index is 9.26. The Morgan fingerprint density at radius 2 is 1.90 bits per heavy atom. The summed E-state index contributed by atoms with van der Waals surface area (Å²) in [6, 6.07) is 14.7. The van der Waals surface area contributed by atoms with Gasteiger partial charge in [0.25, 0.3) is 0 Å². The topological polar surface area (TPSA) is 27.0 Å². The van der Waals surface area contributed by atoms with Crippen molar-refractivity contribution in [2.24, 2.45) is 5.92 Å². The predicted octanol–water partition coefficient (Wildman–Crippen LogP) is 4.34. The Balaban J connectivity index is 2.07. The van der Waals surface area contributed by atoms with E-state index in [4.69, 9.17) is 0 Å². The fraction of sp³-hybridized carbons (Fsp3) is 0.389. The molecule has 2 nitrogen and oxygen atoms in total. The molecular formula is C18H20N2. The molecule has 0 radical (unpaired) electrons. The van der Waals surface area contributed by atoms with E-state index in [2.05, 4.69) is 42.2 Å². The smallest absolute Gasteiger partial charge is 0.0998 e. The van der Waals surface area contributed by atoms with Gasteiger partial charge < -0.3 is 4.90 Å². The molecule has 0 bridgehead atoms. The summed E-state index contributed by atoms with van der Waals surface area (Å²) in [7, 11) is 0. The number of nitrogens with zero attached hydrogens (tertiary/aromatic N) is 2. The Labute approximate surface area is 120 Å². The largest absolute Gasteiger partial charge is 0.371 e. The molecule has 1 aliphatic carbocycles. The summed E-state index contributed by atoms with van der Waals surface area (Å²) in [5.74, 6) is 0.871. The zero-order chi connectivity index (χ0) is 13.9. The van der Waals surface area contributed by atoms with Gasteiger partial charge in [-0.1, -0.05) is 31.2 Å². The minimum Gasteiger partial charge on any atom is -0.371 e. The standard InChI is InChI=1S/C18H20N2/c1-2-11-20(13-14-7-8-14)18-10-9-15(12-19)16-5-3-4-6-17(16)18/h3-6,9-10,14H,2,7-8,11,13H2,1H3. The molecule has 0 saturated heterocycles.